The van der Waals surface area contributed by atoms with Crippen molar-refractivity contribution in [3.05, 3.63) is 59.3 Å². The summed E-state index contributed by atoms with van der Waals surface area (Å²) in [7, 11) is -3.60. The van der Waals surface area contributed by atoms with Gasteiger partial charge < -0.3 is 9.88 Å². The molecule has 0 unspecified atom stereocenters. The first-order valence-electron chi connectivity index (χ1n) is 10.4. The zero-order valence-corrected chi connectivity index (χ0v) is 17.8. The molecule has 1 aliphatic heterocycles. The van der Waals surface area contributed by atoms with E-state index in [-0.39, 0.29) is 5.78 Å². The number of nitrogens with one attached hydrogen (secondary N) is 1. The molecule has 2 heterocycles. The summed E-state index contributed by atoms with van der Waals surface area (Å²) in [5.41, 5.74) is 4.23. The lowest BCUT2D eigenvalue weighted by Crippen LogP contribution is -2.48. The van der Waals surface area contributed by atoms with Crippen LogP contribution in [0.3, 0.4) is 0 Å². The molecule has 0 atom stereocenters. The number of sulfonamides is 1. The second-order valence-electron chi connectivity index (χ2n) is 8.15. The maximum atomic E-state index is 13.4. The topological polar surface area (TPSA) is 73.5 Å². The molecule has 1 N–H and O–H groups in total. The average Bonchev–Trinajstić information content (AvgIpc) is 3.12. The highest BCUT2D eigenvalue weighted by Gasteiger charge is 2.31. The van der Waals surface area contributed by atoms with Gasteiger partial charge in [-0.2, -0.15) is 4.31 Å². The summed E-state index contributed by atoms with van der Waals surface area (Å²) in [6.07, 6.45) is 2.23. The smallest absolute Gasteiger partial charge is 0.243 e. The number of piperazine rings is 1. The Morgan fingerprint density at radius 2 is 1.70 bits per heavy atom. The molecule has 2 aliphatic rings. The first-order valence-corrected chi connectivity index (χ1v) is 11.9. The van der Waals surface area contributed by atoms with Gasteiger partial charge in [-0.05, 0) is 49.6 Å². The van der Waals surface area contributed by atoms with Crippen molar-refractivity contribution in [2.75, 3.05) is 31.1 Å². The summed E-state index contributed by atoms with van der Waals surface area (Å²) in [6.45, 7) is 4.05. The summed E-state index contributed by atoms with van der Waals surface area (Å²) in [5, 5.41) is 0.847. The van der Waals surface area contributed by atoms with Gasteiger partial charge in [-0.25, -0.2) is 8.42 Å². The molecule has 1 aromatic heterocycles. The van der Waals surface area contributed by atoms with Crippen molar-refractivity contribution in [2.24, 2.45) is 0 Å². The van der Waals surface area contributed by atoms with Crippen molar-refractivity contribution >= 4 is 32.4 Å². The average molecular weight is 424 g/mol. The van der Waals surface area contributed by atoms with Crippen LogP contribution in [0.2, 0.25) is 0 Å². The van der Waals surface area contributed by atoms with Crippen LogP contribution in [0.4, 0.5) is 5.69 Å². The molecule has 2 aromatic carbocycles. The lowest BCUT2D eigenvalue weighted by molar-refractivity contribution is 0.0974. The summed E-state index contributed by atoms with van der Waals surface area (Å²) in [6, 6.07) is 13.7. The minimum Gasteiger partial charge on any atom is -0.369 e. The monoisotopic (exact) mass is 423 g/mol. The number of aryl methyl sites for hydroxylation is 2. The van der Waals surface area contributed by atoms with Crippen LogP contribution >= 0.6 is 0 Å². The Morgan fingerprint density at radius 1 is 0.967 bits per heavy atom. The van der Waals surface area contributed by atoms with Gasteiger partial charge in [0.15, 0.2) is 5.78 Å². The molecule has 3 aromatic rings. The van der Waals surface area contributed by atoms with Crippen molar-refractivity contribution in [3.8, 4) is 0 Å². The second-order valence-corrected chi connectivity index (χ2v) is 10.1. The molecule has 5 rings (SSSR count). The number of para-hydroxylation sites is 1. The molecule has 0 bridgehead atoms. The normalized spacial score (nSPS) is 18.0. The Hall–Kier alpha value is -2.64. The molecule has 1 fully saturated rings. The van der Waals surface area contributed by atoms with Gasteiger partial charge in [-0.15, -0.1) is 0 Å². The number of hydrogen-bond acceptors (Lipinski definition) is 4. The van der Waals surface area contributed by atoms with Gasteiger partial charge >= 0.3 is 0 Å². The molecule has 30 heavy (non-hydrogen) atoms. The number of hydrogen-bond donors (Lipinski definition) is 1. The fourth-order valence-corrected chi connectivity index (χ4v) is 6.34. The first-order chi connectivity index (χ1) is 14.4. The predicted octanol–water partition coefficient (Wildman–Crippen LogP) is 3.51. The number of fused-ring (bicyclic) bond motifs is 3. The first kappa shape index (κ1) is 19.3. The second kappa shape index (κ2) is 7.25. The molecule has 0 radical (unpaired) electrons. The SMILES string of the molecule is Cc1cc2c3c([nH]c2cc1S(=O)(=O)N1CCN(c2ccccc2)CC1)CCCC3=O. The third-order valence-corrected chi connectivity index (χ3v) is 8.30. The fourth-order valence-electron chi connectivity index (χ4n) is 4.69. The Bertz CT molecular complexity index is 1220. The lowest BCUT2D eigenvalue weighted by atomic mass is 9.94. The van der Waals surface area contributed by atoms with Crippen molar-refractivity contribution in [2.45, 2.75) is 31.1 Å². The van der Waals surface area contributed by atoms with Crippen LogP contribution in [0.15, 0.2) is 47.4 Å². The van der Waals surface area contributed by atoms with Gasteiger partial charge in [0.25, 0.3) is 0 Å². The van der Waals surface area contributed by atoms with Crippen molar-refractivity contribution in [3.63, 3.8) is 0 Å². The fraction of sp³-hybridized carbons (Fsp3) is 0.348. The highest BCUT2D eigenvalue weighted by molar-refractivity contribution is 7.89. The van der Waals surface area contributed by atoms with Gasteiger partial charge in [-0.1, -0.05) is 18.2 Å². The number of aromatic nitrogens is 1. The van der Waals surface area contributed by atoms with Gasteiger partial charge in [0.05, 0.1) is 4.90 Å². The Morgan fingerprint density at radius 3 is 2.43 bits per heavy atom. The molecule has 0 spiro atoms. The number of anilines is 1. The molecular weight excluding hydrogens is 398 g/mol. The minimum absolute atomic E-state index is 0.148. The quantitative estimate of drug-likeness (QED) is 0.700. The maximum Gasteiger partial charge on any atom is 0.243 e. The minimum atomic E-state index is -3.60. The molecule has 0 saturated carbocycles. The number of nitrogens with zero attached hydrogens (tertiary/aromatic N) is 2. The molecule has 0 amide bonds. The van der Waals surface area contributed by atoms with E-state index in [2.05, 4.69) is 22.0 Å². The number of ketones is 1. The summed E-state index contributed by atoms with van der Waals surface area (Å²) in [4.78, 5) is 18.2. The molecule has 1 saturated heterocycles. The van der Waals surface area contributed by atoms with Crippen LogP contribution in [-0.4, -0.2) is 49.7 Å². The summed E-state index contributed by atoms with van der Waals surface area (Å²) in [5.74, 6) is 0.148. The van der Waals surface area contributed by atoms with E-state index in [0.29, 0.717) is 43.1 Å². The zero-order chi connectivity index (χ0) is 20.9. The number of rotatable bonds is 3. The van der Waals surface area contributed by atoms with E-state index in [1.54, 1.807) is 10.4 Å². The molecule has 1 aliphatic carbocycles. The Labute approximate surface area is 176 Å². The van der Waals surface area contributed by atoms with Gasteiger partial charge in [0.1, 0.15) is 0 Å². The van der Waals surface area contributed by atoms with Crippen molar-refractivity contribution < 1.29 is 13.2 Å². The van der Waals surface area contributed by atoms with E-state index in [0.717, 1.165) is 40.7 Å². The highest BCUT2D eigenvalue weighted by atomic mass is 32.2. The third kappa shape index (κ3) is 3.13. The van der Waals surface area contributed by atoms with Crippen LogP contribution in [0.5, 0.6) is 0 Å². The summed E-state index contributed by atoms with van der Waals surface area (Å²) < 4.78 is 28.4. The number of aromatic amines is 1. The van der Waals surface area contributed by atoms with Crippen molar-refractivity contribution in [1.29, 1.82) is 0 Å². The number of benzene rings is 2. The molecule has 7 heteroatoms. The lowest BCUT2D eigenvalue weighted by Gasteiger charge is -2.35. The van der Waals surface area contributed by atoms with Gasteiger partial charge in [-0.3, -0.25) is 4.79 Å². The number of carbonyl (C=O) groups is 1. The van der Waals surface area contributed by atoms with E-state index in [1.807, 2.05) is 31.2 Å². The van der Waals surface area contributed by atoms with Crippen LogP contribution in [0.25, 0.3) is 10.9 Å². The van der Waals surface area contributed by atoms with Crippen molar-refractivity contribution in [1.82, 2.24) is 9.29 Å². The summed E-state index contributed by atoms with van der Waals surface area (Å²) >= 11 is 0. The van der Waals surface area contributed by atoms with Crippen LogP contribution in [-0.2, 0) is 16.4 Å². The Balaban J connectivity index is 1.45. The van der Waals surface area contributed by atoms with Gasteiger partial charge in [0, 0.05) is 60.4 Å². The van der Waals surface area contributed by atoms with Crippen LogP contribution in [0.1, 0.15) is 34.5 Å². The Kier molecular flexibility index (Phi) is 4.67. The van der Waals surface area contributed by atoms with Crippen LogP contribution in [0, 0.1) is 6.92 Å². The predicted molar refractivity (Wildman–Crippen MR) is 118 cm³/mol. The maximum absolute atomic E-state index is 13.4. The molecule has 6 nitrogen and oxygen atoms in total. The molecular formula is C23H25N3O3S. The van der Waals surface area contributed by atoms with E-state index in [4.69, 9.17) is 0 Å². The largest absolute Gasteiger partial charge is 0.369 e. The van der Waals surface area contributed by atoms with E-state index >= 15 is 0 Å². The zero-order valence-electron chi connectivity index (χ0n) is 17.0. The third-order valence-electron chi connectivity index (χ3n) is 6.26. The number of H-pyrrole nitrogens is 1. The standard InChI is InChI=1S/C23H25N3O3S/c1-16-14-18-20(24-19-8-5-9-21(27)23(18)19)15-22(16)30(28,29)26-12-10-25(11-13-26)17-6-3-2-4-7-17/h2-4,6-7,14-15,24H,5,8-13H2,1H3. The van der Waals surface area contributed by atoms with E-state index in [1.165, 1.54) is 0 Å². The van der Waals surface area contributed by atoms with E-state index < -0.39 is 10.0 Å². The molecule has 156 valence electrons. The van der Waals surface area contributed by atoms with Crippen LogP contribution < -0.4 is 4.90 Å². The highest BCUT2D eigenvalue weighted by Crippen LogP contribution is 2.33. The number of Topliss-reactive ketones (excluding diaryl/α,β-unsaturated/α-hetero) is 1. The van der Waals surface area contributed by atoms with E-state index in [9.17, 15) is 13.2 Å². The number of carbonyl (C=O) groups excluding carboxylic acids is 1. The van der Waals surface area contributed by atoms with Gasteiger partial charge in [0.2, 0.25) is 10.0 Å².